The summed E-state index contributed by atoms with van der Waals surface area (Å²) in [5.74, 6) is -0.344. The number of amides is 1. The Morgan fingerprint density at radius 2 is 2.00 bits per heavy atom. The zero-order valence-corrected chi connectivity index (χ0v) is 12.2. The maximum absolute atomic E-state index is 11.6. The number of hydrogen-bond donors (Lipinski definition) is 2. The average molecular weight is 276 g/mol. The molecule has 1 aliphatic carbocycles. The van der Waals surface area contributed by atoms with Crippen molar-refractivity contribution >= 4 is 15.7 Å². The molecule has 1 fully saturated rings. The number of primary amides is 1. The van der Waals surface area contributed by atoms with Crippen molar-refractivity contribution in [1.29, 1.82) is 0 Å². The van der Waals surface area contributed by atoms with E-state index in [0.29, 0.717) is 6.42 Å². The maximum atomic E-state index is 11.6. The van der Waals surface area contributed by atoms with Gasteiger partial charge in [0.15, 0.2) is 0 Å². The lowest BCUT2D eigenvalue weighted by Crippen LogP contribution is -2.50. The van der Waals surface area contributed by atoms with Gasteiger partial charge in [0.05, 0.1) is 5.25 Å². The lowest BCUT2D eigenvalue weighted by molar-refractivity contribution is -0.119. The predicted octanol–water partition coefficient (Wildman–Crippen LogP) is 0.586. The second-order valence-electron chi connectivity index (χ2n) is 5.99. The molecule has 1 aliphatic rings. The Kier molecular flexibility index (Phi) is 4.78. The van der Waals surface area contributed by atoms with Crippen molar-refractivity contribution in [2.24, 2.45) is 5.73 Å². The maximum Gasteiger partial charge on any atom is 0.219 e. The highest BCUT2D eigenvalue weighted by Crippen LogP contribution is 2.25. The average Bonchev–Trinajstić information content (AvgIpc) is 2.13. The van der Waals surface area contributed by atoms with E-state index in [1.165, 1.54) is 6.26 Å². The second kappa shape index (κ2) is 5.57. The molecule has 18 heavy (non-hydrogen) atoms. The normalized spacial score (nSPS) is 25.9. The third-order valence-corrected chi connectivity index (χ3v) is 5.08. The minimum atomic E-state index is -2.97. The first-order valence-electron chi connectivity index (χ1n) is 6.35. The monoisotopic (exact) mass is 276 g/mol. The molecular formula is C12H24N2O3S. The summed E-state index contributed by atoms with van der Waals surface area (Å²) in [4.78, 5) is 11.0. The minimum Gasteiger partial charge on any atom is -0.370 e. The molecule has 0 aliphatic heterocycles. The van der Waals surface area contributed by atoms with Crippen LogP contribution in [-0.2, 0) is 14.6 Å². The summed E-state index contributed by atoms with van der Waals surface area (Å²) >= 11 is 0. The van der Waals surface area contributed by atoms with E-state index >= 15 is 0 Å². The molecule has 0 aromatic heterocycles. The zero-order valence-electron chi connectivity index (χ0n) is 11.4. The Bertz CT molecular complexity index is 404. The van der Waals surface area contributed by atoms with Crippen LogP contribution in [0.25, 0.3) is 0 Å². The molecule has 1 amide bonds. The Balaban J connectivity index is 2.60. The van der Waals surface area contributed by atoms with Gasteiger partial charge in [-0.05, 0) is 33.1 Å². The van der Waals surface area contributed by atoms with Crippen LogP contribution in [0.15, 0.2) is 0 Å². The van der Waals surface area contributed by atoms with Gasteiger partial charge >= 0.3 is 0 Å². The van der Waals surface area contributed by atoms with E-state index in [-0.39, 0.29) is 29.2 Å². The standard InChI is InChI=1S/C12H24N2O3S/c1-12(2,8-11(13)15)14-9-5-4-6-10(7-9)18(3,16)17/h9-10,14H,4-8H2,1-3H3,(H2,13,15). The van der Waals surface area contributed by atoms with Crippen LogP contribution >= 0.6 is 0 Å². The number of sulfone groups is 1. The van der Waals surface area contributed by atoms with Gasteiger partial charge in [0.2, 0.25) is 5.91 Å². The molecule has 0 spiro atoms. The molecule has 0 bridgehead atoms. The number of nitrogens with one attached hydrogen (secondary N) is 1. The summed E-state index contributed by atoms with van der Waals surface area (Å²) < 4.78 is 23.1. The highest BCUT2D eigenvalue weighted by atomic mass is 32.2. The van der Waals surface area contributed by atoms with Crippen LogP contribution in [0.1, 0.15) is 46.0 Å². The second-order valence-corrected chi connectivity index (χ2v) is 8.31. The molecule has 6 heteroatoms. The molecule has 5 nitrogen and oxygen atoms in total. The van der Waals surface area contributed by atoms with Gasteiger partial charge < -0.3 is 11.1 Å². The van der Waals surface area contributed by atoms with Crippen molar-refractivity contribution in [3.05, 3.63) is 0 Å². The van der Waals surface area contributed by atoms with Gasteiger partial charge in [0.25, 0.3) is 0 Å². The Morgan fingerprint density at radius 3 is 2.50 bits per heavy atom. The Hall–Kier alpha value is -0.620. The first-order chi connectivity index (χ1) is 8.10. The van der Waals surface area contributed by atoms with Crippen molar-refractivity contribution < 1.29 is 13.2 Å². The first-order valence-corrected chi connectivity index (χ1v) is 8.30. The molecule has 0 radical (unpaired) electrons. The van der Waals surface area contributed by atoms with Gasteiger partial charge in [-0.1, -0.05) is 6.42 Å². The molecule has 1 rings (SSSR count). The van der Waals surface area contributed by atoms with Crippen LogP contribution in [0.3, 0.4) is 0 Å². The van der Waals surface area contributed by atoms with Gasteiger partial charge in [-0.25, -0.2) is 8.42 Å². The highest BCUT2D eigenvalue weighted by Gasteiger charge is 2.32. The fourth-order valence-corrected chi connectivity index (χ4v) is 3.88. The molecule has 1 saturated carbocycles. The number of hydrogen-bond acceptors (Lipinski definition) is 4. The van der Waals surface area contributed by atoms with E-state index in [9.17, 15) is 13.2 Å². The molecule has 2 unspecified atom stereocenters. The van der Waals surface area contributed by atoms with E-state index in [1.807, 2.05) is 13.8 Å². The number of nitrogens with two attached hydrogens (primary N) is 1. The van der Waals surface area contributed by atoms with Crippen LogP contribution in [0.2, 0.25) is 0 Å². The van der Waals surface area contributed by atoms with E-state index in [1.54, 1.807) is 0 Å². The highest BCUT2D eigenvalue weighted by molar-refractivity contribution is 7.91. The van der Waals surface area contributed by atoms with Crippen LogP contribution in [0.5, 0.6) is 0 Å². The summed E-state index contributed by atoms with van der Waals surface area (Å²) in [5.41, 5.74) is 4.83. The van der Waals surface area contributed by atoms with E-state index in [4.69, 9.17) is 5.73 Å². The first kappa shape index (κ1) is 15.4. The predicted molar refractivity (Wildman–Crippen MR) is 71.9 cm³/mol. The molecule has 0 aromatic rings. The van der Waals surface area contributed by atoms with Gasteiger partial charge in [0.1, 0.15) is 9.84 Å². The lowest BCUT2D eigenvalue weighted by atomic mass is 9.91. The zero-order chi connectivity index (χ0) is 14.0. The third-order valence-electron chi connectivity index (χ3n) is 3.44. The van der Waals surface area contributed by atoms with E-state index < -0.39 is 9.84 Å². The Labute approximate surface area is 109 Å². The largest absolute Gasteiger partial charge is 0.370 e. The van der Waals surface area contributed by atoms with Crippen molar-refractivity contribution in [1.82, 2.24) is 5.32 Å². The molecule has 3 N–H and O–H groups in total. The summed E-state index contributed by atoms with van der Waals surface area (Å²) in [5, 5.41) is 3.11. The molecule has 0 saturated heterocycles. The fraction of sp³-hybridized carbons (Fsp3) is 0.917. The number of rotatable bonds is 5. The minimum absolute atomic E-state index is 0.146. The fourth-order valence-electron chi connectivity index (χ4n) is 2.70. The van der Waals surface area contributed by atoms with Crippen LogP contribution < -0.4 is 11.1 Å². The summed E-state index contributed by atoms with van der Waals surface area (Å²) in [6, 6.07) is 0.146. The number of carbonyl (C=O) groups excluding carboxylic acids is 1. The smallest absolute Gasteiger partial charge is 0.219 e. The van der Waals surface area contributed by atoms with E-state index in [0.717, 1.165) is 19.3 Å². The van der Waals surface area contributed by atoms with Crippen LogP contribution in [0.4, 0.5) is 0 Å². The van der Waals surface area contributed by atoms with Crippen LogP contribution in [0, 0.1) is 0 Å². The van der Waals surface area contributed by atoms with Gasteiger partial charge in [-0.15, -0.1) is 0 Å². The van der Waals surface area contributed by atoms with Crippen LogP contribution in [-0.4, -0.2) is 37.4 Å². The lowest BCUT2D eigenvalue weighted by Gasteiger charge is -2.35. The van der Waals surface area contributed by atoms with Gasteiger partial charge in [-0.2, -0.15) is 0 Å². The Morgan fingerprint density at radius 1 is 1.39 bits per heavy atom. The molecule has 0 heterocycles. The molecule has 0 aromatic carbocycles. The summed E-state index contributed by atoms with van der Waals surface area (Å²) in [7, 11) is -2.97. The van der Waals surface area contributed by atoms with Crippen molar-refractivity contribution in [3.8, 4) is 0 Å². The topological polar surface area (TPSA) is 89.3 Å². The SMILES string of the molecule is CC(C)(CC(N)=O)NC1CCCC(S(C)(=O)=O)C1. The van der Waals surface area contributed by atoms with Gasteiger partial charge in [-0.3, -0.25) is 4.79 Å². The summed E-state index contributed by atoms with van der Waals surface area (Å²) in [6.07, 6.45) is 4.78. The quantitative estimate of drug-likeness (QED) is 0.769. The third kappa shape index (κ3) is 4.94. The number of carbonyl (C=O) groups is 1. The summed E-state index contributed by atoms with van der Waals surface area (Å²) in [6.45, 7) is 3.84. The molecule has 106 valence electrons. The van der Waals surface area contributed by atoms with E-state index in [2.05, 4.69) is 5.32 Å². The molecular weight excluding hydrogens is 252 g/mol. The van der Waals surface area contributed by atoms with Crippen molar-refractivity contribution in [2.75, 3.05) is 6.26 Å². The van der Waals surface area contributed by atoms with Gasteiger partial charge in [0, 0.05) is 24.3 Å². The molecule has 2 atom stereocenters. The van der Waals surface area contributed by atoms with Crippen molar-refractivity contribution in [2.45, 2.75) is 62.8 Å². The van der Waals surface area contributed by atoms with Crippen molar-refractivity contribution in [3.63, 3.8) is 0 Å².